The summed E-state index contributed by atoms with van der Waals surface area (Å²) < 4.78 is 15.9. The molecule has 0 bridgehead atoms. The van der Waals surface area contributed by atoms with Gasteiger partial charge in [-0.15, -0.1) is 0 Å². The molecule has 6 heteroatoms. The molecule has 0 aromatic carbocycles. The summed E-state index contributed by atoms with van der Waals surface area (Å²) in [6, 6.07) is 0. The summed E-state index contributed by atoms with van der Waals surface area (Å²) in [5.41, 5.74) is -0.483. The van der Waals surface area contributed by atoms with Crippen LogP contribution < -0.4 is 0 Å². The molecule has 0 aromatic heterocycles. The van der Waals surface area contributed by atoms with Crippen LogP contribution in [-0.2, 0) is 19.0 Å². The molecule has 1 unspecified atom stereocenters. The molecule has 0 saturated carbocycles. The Bertz CT molecular complexity index is 356. The Morgan fingerprint density at radius 3 is 2.29 bits per heavy atom. The van der Waals surface area contributed by atoms with Crippen molar-refractivity contribution in [2.24, 2.45) is 0 Å². The van der Waals surface area contributed by atoms with Crippen LogP contribution in [0.4, 0.5) is 4.79 Å². The van der Waals surface area contributed by atoms with Gasteiger partial charge < -0.3 is 19.1 Å². The van der Waals surface area contributed by atoms with E-state index in [1.807, 2.05) is 20.8 Å². The topological polar surface area (TPSA) is 65.1 Å². The maximum absolute atomic E-state index is 11.9. The van der Waals surface area contributed by atoms with Crippen LogP contribution in [0, 0.1) is 0 Å². The van der Waals surface area contributed by atoms with E-state index in [9.17, 15) is 9.59 Å². The van der Waals surface area contributed by atoms with Gasteiger partial charge >= 0.3 is 12.1 Å². The SMILES string of the molecule is CCOC(=O)C(C)OC1CCN(C(=O)OC(C)(C)C)CC1. The number of ether oxygens (including phenoxy) is 3. The Morgan fingerprint density at radius 1 is 1.24 bits per heavy atom. The van der Waals surface area contributed by atoms with Gasteiger partial charge in [-0.1, -0.05) is 0 Å². The fourth-order valence-corrected chi connectivity index (χ4v) is 2.10. The van der Waals surface area contributed by atoms with Gasteiger partial charge in [0.05, 0.1) is 12.7 Å². The van der Waals surface area contributed by atoms with Crippen molar-refractivity contribution in [2.75, 3.05) is 19.7 Å². The number of amides is 1. The molecule has 0 aliphatic carbocycles. The maximum Gasteiger partial charge on any atom is 0.410 e. The van der Waals surface area contributed by atoms with Crippen molar-refractivity contribution >= 4 is 12.1 Å². The van der Waals surface area contributed by atoms with Gasteiger partial charge in [-0.3, -0.25) is 0 Å². The van der Waals surface area contributed by atoms with Crippen LogP contribution in [0.15, 0.2) is 0 Å². The van der Waals surface area contributed by atoms with E-state index in [1.165, 1.54) is 0 Å². The summed E-state index contributed by atoms with van der Waals surface area (Å²) in [6.45, 7) is 10.5. The van der Waals surface area contributed by atoms with E-state index in [1.54, 1.807) is 18.7 Å². The van der Waals surface area contributed by atoms with Gasteiger partial charge in [0, 0.05) is 13.1 Å². The second-order valence-corrected chi connectivity index (χ2v) is 6.20. The van der Waals surface area contributed by atoms with E-state index >= 15 is 0 Å². The molecule has 1 fully saturated rings. The van der Waals surface area contributed by atoms with Gasteiger partial charge in [-0.05, 0) is 47.5 Å². The third-order valence-electron chi connectivity index (χ3n) is 3.11. The molecular weight excluding hydrogens is 274 g/mol. The number of carbonyl (C=O) groups is 2. The lowest BCUT2D eigenvalue weighted by Crippen LogP contribution is -2.44. The van der Waals surface area contributed by atoms with E-state index in [0.717, 1.165) is 0 Å². The minimum absolute atomic E-state index is 0.0249. The minimum atomic E-state index is -0.567. The fourth-order valence-electron chi connectivity index (χ4n) is 2.10. The number of hydrogen-bond donors (Lipinski definition) is 0. The fraction of sp³-hybridized carbons (Fsp3) is 0.867. The summed E-state index contributed by atoms with van der Waals surface area (Å²) in [4.78, 5) is 25.1. The lowest BCUT2D eigenvalue weighted by molar-refractivity contribution is -0.160. The molecule has 0 N–H and O–H groups in total. The largest absolute Gasteiger partial charge is 0.464 e. The van der Waals surface area contributed by atoms with Gasteiger partial charge in [0.1, 0.15) is 5.60 Å². The highest BCUT2D eigenvalue weighted by Crippen LogP contribution is 2.18. The molecule has 1 atom stereocenters. The first kappa shape index (κ1) is 17.8. The van der Waals surface area contributed by atoms with Crippen LogP contribution in [-0.4, -0.2) is 54.5 Å². The van der Waals surface area contributed by atoms with Crippen molar-refractivity contribution in [2.45, 2.75) is 65.3 Å². The number of esters is 1. The molecule has 6 nitrogen and oxygen atoms in total. The summed E-state index contributed by atoms with van der Waals surface area (Å²) in [5, 5.41) is 0. The Balaban J connectivity index is 2.35. The van der Waals surface area contributed by atoms with Crippen molar-refractivity contribution in [3.63, 3.8) is 0 Å². The molecule has 0 aromatic rings. The first-order valence-corrected chi connectivity index (χ1v) is 7.53. The second-order valence-electron chi connectivity index (χ2n) is 6.20. The molecule has 1 amide bonds. The molecule has 0 radical (unpaired) electrons. The maximum atomic E-state index is 11.9. The minimum Gasteiger partial charge on any atom is -0.464 e. The van der Waals surface area contributed by atoms with Crippen LogP contribution in [0.5, 0.6) is 0 Å². The number of rotatable bonds is 4. The van der Waals surface area contributed by atoms with Crippen LogP contribution in [0.3, 0.4) is 0 Å². The lowest BCUT2D eigenvalue weighted by Gasteiger charge is -2.34. The number of hydrogen-bond acceptors (Lipinski definition) is 5. The van der Waals surface area contributed by atoms with E-state index in [4.69, 9.17) is 14.2 Å². The van der Waals surface area contributed by atoms with Crippen molar-refractivity contribution in [3.8, 4) is 0 Å². The van der Waals surface area contributed by atoms with Gasteiger partial charge in [-0.2, -0.15) is 0 Å². The zero-order chi connectivity index (χ0) is 16.0. The highest BCUT2D eigenvalue weighted by atomic mass is 16.6. The quantitative estimate of drug-likeness (QED) is 0.746. The van der Waals surface area contributed by atoms with E-state index in [0.29, 0.717) is 32.5 Å². The third-order valence-corrected chi connectivity index (χ3v) is 3.11. The standard InChI is InChI=1S/C15H27NO5/c1-6-19-13(17)11(2)20-12-7-9-16(10-8-12)14(18)21-15(3,4)5/h11-12H,6-10H2,1-5H3. The molecule has 1 aliphatic rings. The number of nitrogens with zero attached hydrogens (tertiary/aromatic N) is 1. The Labute approximate surface area is 126 Å². The second kappa shape index (κ2) is 7.64. The monoisotopic (exact) mass is 301 g/mol. The van der Waals surface area contributed by atoms with Gasteiger partial charge in [0.2, 0.25) is 0 Å². The van der Waals surface area contributed by atoms with E-state index in [2.05, 4.69) is 0 Å². The first-order chi connectivity index (χ1) is 9.73. The van der Waals surface area contributed by atoms with E-state index in [-0.39, 0.29) is 18.2 Å². The van der Waals surface area contributed by atoms with Gasteiger partial charge in [0.25, 0.3) is 0 Å². The lowest BCUT2D eigenvalue weighted by atomic mass is 10.1. The Hall–Kier alpha value is -1.30. The van der Waals surface area contributed by atoms with Crippen molar-refractivity contribution in [1.29, 1.82) is 0 Å². The Morgan fingerprint density at radius 2 is 1.81 bits per heavy atom. The average molecular weight is 301 g/mol. The first-order valence-electron chi connectivity index (χ1n) is 7.53. The van der Waals surface area contributed by atoms with Crippen LogP contribution in [0.2, 0.25) is 0 Å². The van der Waals surface area contributed by atoms with Crippen molar-refractivity contribution in [1.82, 2.24) is 4.90 Å². The van der Waals surface area contributed by atoms with E-state index < -0.39 is 11.7 Å². The highest BCUT2D eigenvalue weighted by Gasteiger charge is 2.29. The van der Waals surface area contributed by atoms with Gasteiger partial charge in [0.15, 0.2) is 6.10 Å². The number of carbonyl (C=O) groups excluding carboxylic acids is 2. The third kappa shape index (κ3) is 6.33. The molecule has 1 aliphatic heterocycles. The summed E-state index contributed by atoms with van der Waals surface area (Å²) in [7, 11) is 0. The molecule has 1 saturated heterocycles. The van der Waals surface area contributed by atoms with Crippen LogP contribution in [0.25, 0.3) is 0 Å². The molecule has 1 rings (SSSR count). The normalized spacial score (nSPS) is 18.2. The van der Waals surface area contributed by atoms with Gasteiger partial charge in [-0.25, -0.2) is 9.59 Å². The van der Waals surface area contributed by atoms with Crippen molar-refractivity contribution in [3.05, 3.63) is 0 Å². The summed E-state index contributed by atoms with van der Waals surface area (Å²) in [6.07, 6.45) is 0.511. The number of piperidine rings is 1. The molecule has 0 spiro atoms. The smallest absolute Gasteiger partial charge is 0.410 e. The molecular formula is C15H27NO5. The van der Waals surface area contributed by atoms with Crippen LogP contribution in [0.1, 0.15) is 47.5 Å². The predicted octanol–water partition coefficient (Wildman–Crippen LogP) is 2.35. The zero-order valence-corrected chi connectivity index (χ0v) is 13.7. The van der Waals surface area contributed by atoms with Crippen LogP contribution >= 0.6 is 0 Å². The van der Waals surface area contributed by atoms with Crippen molar-refractivity contribution < 1.29 is 23.8 Å². The molecule has 122 valence electrons. The zero-order valence-electron chi connectivity index (χ0n) is 13.7. The average Bonchev–Trinajstić information content (AvgIpc) is 2.37. The Kier molecular flexibility index (Phi) is 6.45. The molecule has 21 heavy (non-hydrogen) atoms. The summed E-state index contributed by atoms with van der Waals surface area (Å²) >= 11 is 0. The predicted molar refractivity (Wildman–Crippen MR) is 78.0 cm³/mol. The molecule has 1 heterocycles. The summed E-state index contributed by atoms with van der Waals surface area (Å²) in [5.74, 6) is -0.341. The number of likely N-dealkylation sites (tertiary alicyclic amines) is 1. The highest BCUT2D eigenvalue weighted by molar-refractivity contribution is 5.74.